The van der Waals surface area contributed by atoms with Gasteiger partial charge in [0.1, 0.15) is 0 Å². The van der Waals surface area contributed by atoms with Crippen molar-refractivity contribution in [2.45, 2.75) is 13.0 Å². The molecule has 6 heteroatoms. The van der Waals surface area contributed by atoms with E-state index in [0.717, 1.165) is 5.56 Å². The maximum atomic E-state index is 11.9. The zero-order chi connectivity index (χ0) is 14.5. The standard InChI is InChI=1S/C14H13Cl2N3O/c1-9(10-4-3-7-17-8-10)18-14(20)19-12-6-2-5-11(15)13(12)16/h2-9H,1H3,(H2,18,19,20)/t9-/m0/s1. The first-order valence-corrected chi connectivity index (χ1v) is 6.75. The van der Waals surface area contributed by atoms with E-state index >= 15 is 0 Å². The zero-order valence-corrected chi connectivity index (χ0v) is 12.2. The lowest BCUT2D eigenvalue weighted by molar-refractivity contribution is 0.249. The predicted molar refractivity (Wildman–Crippen MR) is 81.3 cm³/mol. The van der Waals surface area contributed by atoms with Crippen LogP contribution in [0, 0.1) is 0 Å². The Kier molecular flexibility index (Phi) is 4.82. The highest BCUT2D eigenvalue weighted by molar-refractivity contribution is 6.43. The van der Waals surface area contributed by atoms with E-state index in [1.807, 2.05) is 19.1 Å². The zero-order valence-electron chi connectivity index (χ0n) is 10.7. The molecule has 0 saturated heterocycles. The van der Waals surface area contributed by atoms with Crippen LogP contribution < -0.4 is 10.6 Å². The number of rotatable bonds is 3. The molecule has 0 bridgehead atoms. The van der Waals surface area contributed by atoms with Gasteiger partial charge in [-0.25, -0.2) is 4.79 Å². The molecule has 1 atom stereocenters. The molecule has 104 valence electrons. The molecule has 0 saturated carbocycles. The minimum absolute atomic E-state index is 0.165. The number of pyridine rings is 1. The van der Waals surface area contributed by atoms with E-state index in [0.29, 0.717) is 15.7 Å². The van der Waals surface area contributed by atoms with E-state index < -0.39 is 0 Å². The normalized spacial score (nSPS) is 11.8. The molecule has 2 aromatic rings. The molecule has 0 fully saturated rings. The van der Waals surface area contributed by atoms with Crippen molar-refractivity contribution in [3.05, 3.63) is 58.3 Å². The molecule has 2 rings (SSSR count). The number of urea groups is 1. The molecule has 2 N–H and O–H groups in total. The Morgan fingerprint density at radius 2 is 2.05 bits per heavy atom. The Morgan fingerprint density at radius 3 is 2.75 bits per heavy atom. The molecule has 0 aliphatic carbocycles. The lowest BCUT2D eigenvalue weighted by atomic mass is 10.1. The Labute approximate surface area is 127 Å². The van der Waals surface area contributed by atoms with Gasteiger partial charge in [0.05, 0.1) is 21.8 Å². The summed E-state index contributed by atoms with van der Waals surface area (Å²) >= 11 is 11.9. The van der Waals surface area contributed by atoms with E-state index in [4.69, 9.17) is 23.2 Å². The van der Waals surface area contributed by atoms with Crippen LogP contribution >= 0.6 is 23.2 Å². The van der Waals surface area contributed by atoms with E-state index in [9.17, 15) is 4.79 Å². The molecule has 1 aromatic carbocycles. The van der Waals surface area contributed by atoms with Gasteiger partial charge in [0, 0.05) is 12.4 Å². The SMILES string of the molecule is C[C@H](NC(=O)Nc1cccc(Cl)c1Cl)c1cccnc1. The summed E-state index contributed by atoms with van der Waals surface area (Å²) in [5.41, 5.74) is 1.38. The van der Waals surface area contributed by atoms with Gasteiger partial charge in [0.25, 0.3) is 0 Å². The highest BCUT2D eigenvalue weighted by Gasteiger charge is 2.11. The van der Waals surface area contributed by atoms with Crippen molar-refractivity contribution in [2.24, 2.45) is 0 Å². The number of hydrogen-bond donors (Lipinski definition) is 2. The van der Waals surface area contributed by atoms with Gasteiger partial charge in [-0.2, -0.15) is 0 Å². The smallest absolute Gasteiger partial charge is 0.319 e. The molecule has 0 aliphatic heterocycles. The molecule has 0 spiro atoms. The molecule has 0 unspecified atom stereocenters. The van der Waals surface area contributed by atoms with Gasteiger partial charge in [0.15, 0.2) is 0 Å². The third-order valence-electron chi connectivity index (χ3n) is 2.73. The lowest BCUT2D eigenvalue weighted by Crippen LogP contribution is -2.31. The summed E-state index contributed by atoms with van der Waals surface area (Å²) in [6.45, 7) is 1.87. The van der Waals surface area contributed by atoms with Crippen molar-refractivity contribution >= 4 is 34.9 Å². The number of anilines is 1. The highest BCUT2D eigenvalue weighted by Crippen LogP contribution is 2.29. The number of hydrogen-bond acceptors (Lipinski definition) is 2. The maximum Gasteiger partial charge on any atom is 0.319 e. The number of halogens is 2. The number of benzene rings is 1. The second-order valence-electron chi connectivity index (χ2n) is 4.21. The first-order chi connectivity index (χ1) is 9.58. The molecule has 20 heavy (non-hydrogen) atoms. The van der Waals surface area contributed by atoms with Crippen LogP contribution in [0.1, 0.15) is 18.5 Å². The van der Waals surface area contributed by atoms with Crippen LogP contribution in [0.25, 0.3) is 0 Å². The monoisotopic (exact) mass is 309 g/mol. The molecule has 0 radical (unpaired) electrons. The number of carbonyl (C=O) groups excluding carboxylic acids is 1. The fourth-order valence-corrected chi connectivity index (χ4v) is 2.02. The van der Waals surface area contributed by atoms with E-state index in [1.54, 1.807) is 30.6 Å². The number of carbonyl (C=O) groups is 1. The summed E-state index contributed by atoms with van der Waals surface area (Å²) in [5, 5.41) is 6.18. The van der Waals surface area contributed by atoms with Crippen LogP contribution in [0.5, 0.6) is 0 Å². The van der Waals surface area contributed by atoms with Crippen LogP contribution in [-0.4, -0.2) is 11.0 Å². The van der Waals surface area contributed by atoms with Crippen molar-refractivity contribution in [1.82, 2.24) is 10.3 Å². The lowest BCUT2D eigenvalue weighted by Gasteiger charge is -2.15. The van der Waals surface area contributed by atoms with Gasteiger partial charge in [-0.3, -0.25) is 4.98 Å². The average molecular weight is 310 g/mol. The van der Waals surface area contributed by atoms with E-state index in [1.165, 1.54) is 0 Å². The van der Waals surface area contributed by atoms with Gasteiger partial charge >= 0.3 is 6.03 Å². The second kappa shape index (κ2) is 6.59. The topological polar surface area (TPSA) is 54.0 Å². The summed E-state index contributed by atoms with van der Waals surface area (Å²) in [6.07, 6.45) is 3.39. The summed E-state index contributed by atoms with van der Waals surface area (Å²) in [7, 11) is 0. The van der Waals surface area contributed by atoms with Crippen molar-refractivity contribution < 1.29 is 4.79 Å². The van der Waals surface area contributed by atoms with Crippen LogP contribution in [0.2, 0.25) is 10.0 Å². The van der Waals surface area contributed by atoms with Gasteiger partial charge in [-0.15, -0.1) is 0 Å². The molecule has 0 aliphatic rings. The summed E-state index contributed by atoms with van der Waals surface area (Å²) in [6, 6.07) is 8.25. The quantitative estimate of drug-likeness (QED) is 0.889. The van der Waals surface area contributed by atoms with Crippen LogP contribution in [0.3, 0.4) is 0 Å². The first kappa shape index (κ1) is 14.6. The Balaban J connectivity index is 2.01. The van der Waals surface area contributed by atoms with Crippen molar-refractivity contribution in [3.63, 3.8) is 0 Å². The minimum atomic E-state index is -0.356. The second-order valence-corrected chi connectivity index (χ2v) is 4.99. The van der Waals surface area contributed by atoms with Gasteiger partial charge in [-0.05, 0) is 30.7 Å². The van der Waals surface area contributed by atoms with Crippen molar-refractivity contribution in [1.29, 1.82) is 0 Å². The molecular formula is C14H13Cl2N3O. The number of amides is 2. The van der Waals surface area contributed by atoms with Gasteiger partial charge in [0.2, 0.25) is 0 Å². The Bertz CT molecular complexity index is 605. The van der Waals surface area contributed by atoms with Crippen LogP contribution in [0.4, 0.5) is 10.5 Å². The molecule has 2 amide bonds. The number of nitrogens with one attached hydrogen (secondary N) is 2. The first-order valence-electron chi connectivity index (χ1n) is 5.99. The summed E-state index contributed by atoms with van der Waals surface area (Å²) in [5.74, 6) is 0. The van der Waals surface area contributed by atoms with Crippen molar-refractivity contribution in [3.8, 4) is 0 Å². The van der Waals surface area contributed by atoms with Gasteiger partial charge in [-0.1, -0.05) is 35.3 Å². The average Bonchev–Trinajstić information content (AvgIpc) is 2.45. The maximum absolute atomic E-state index is 11.9. The summed E-state index contributed by atoms with van der Waals surface area (Å²) in [4.78, 5) is 15.9. The van der Waals surface area contributed by atoms with Crippen LogP contribution in [-0.2, 0) is 0 Å². The third-order valence-corrected chi connectivity index (χ3v) is 3.55. The van der Waals surface area contributed by atoms with Gasteiger partial charge < -0.3 is 10.6 Å². The van der Waals surface area contributed by atoms with Crippen LogP contribution in [0.15, 0.2) is 42.7 Å². The molecule has 1 aromatic heterocycles. The number of nitrogens with zero attached hydrogens (tertiary/aromatic N) is 1. The third kappa shape index (κ3) is 3.62. The summed E-state index contributed by atoms with van der Waals surface area (Å²) < 4.78 is 0. The van der Waals surface area contributed by atoms with Crippen molar-refractivity contribution in [2.75, 3.05) is 5.32 Å². The Morgan fingerprint density at radius 1 is 1.25 bits per heavy atom. The predicted octanol–water partition coefficient (Wildman–Crippen LogP) is 4.27. The molecule has 1 heterocycles. The minimum Gasteiger partial charge on any atom is -0.331 e. The van der Waals surface area contributed by atoms with E-state index in [2.05, 4.69) is 15.6 Å². The fraction of sp³-hybridized carbons (Fsp3) is 0.143. The molecular weight excluding hydrogens is 297 g/mol. The fourth-order valence-electron chi connectivity index (χ4n) is 1.67. The Hall–Kier alpha value is -1.78. The highest BCUT2D eigenvalue weighted by atomic mass is 35.5. The van der Waals surface area contributed by atoms with E-state index in [-0.39, 0.29) is 12.1 Å². The largest absolute Gasteiger partial charge is 0.331 e. The number of aromatic nitrogens is 1. The molecule has 4 nitrogen and oxygen atoms in total.